The number of nitrogens with zero attached hydrogens (tertiary/aromatic N) is 4. The van der Waals surface area contributed by atoms with Crippen LogP contribution in [0.2, 0.25) is 0 Å². The Labute approximate surface area is 157 Å². The van der Waals surface area contributed by atoms with Crippen LogP contribution in [0.4, 0.5) is 0 Å². The molecule has 0 aliphatic heterocycles. The van der Waals surface area contributed by atoms with Crippen molar-refractivity contribution in [2.75, 3.05) is 7.11 Å². The molecular formula is C20H21N5O2. The predicted molar refractivity (Wildman–Crippen MR) is 100.0 cm³/mol. The number of methoxy groups -OCH3 is 1. The molecule has 0 unspecified atom stereocenters. The van der Waals surface area contributed by atoms with Gasteiger partial charge in [-0.3, -0.25) is 19.4 Å². The van der Waals surface area contributed by atoms with E-state index in [4.69, 9.17) is 4.74 Å². The first-order valence-corrected chi connectivity index (χ1v) is 8.85. The zero-order valence-corrected chi connectivity index (χ0v) is 15.3. The van der Waals surface area contributed by atoms with Gasteiger partial charge in [0.1, 0.15) is 5.75 Å². The number of ether oxygens (including phenoxy) is 1. The molecule has 0 atom stereocenters. The maximum atomic E-state index is 13.0. The van der Waals surface area contributed by atoms with Crippen molar-refractivity contribution in [1.29, 1.82) is 0 Å². The van der Waals surface area contributed by atoms with Gasteiger partial charge in [-0.05, 0) is 18.9 Å². The molecule has 138 valence electrons. The van der Waals surface area contributed by atoms with Crippen molar-refractivity contribution >= 4 is 5.91 Å². The second-order valence-electron chi connectivity index (χ2n) is 6.72. The second-order valence-corrected chi connectivity index (χ2v) is 6.72. The molecule has 0 bridgehead atoms. The molecule has 0 saturated heterocycles. The fourth-order valence-electron chi connectivity index (χ4n) is 3.40. The van der Waals surface area contributed by atoms with E-state index in [1.807, 2.05) is 37.5 Å². The van der Waals surface area contributed by atoms with E-state index in [1.165, 1.54) is 0 Å². The van der Waals surface area contributed by atoms with E-state index in [9.17, 15) is 4.79 Å². The quantitative estimate of drug-likeness (QED) is 0.726. The summed E-state index contributed by atoms with van der Waals surface area (Å²) in [4.78, 5) is 21.8. The van der Waals surface area contributed by atoms with Gasteiger partial charge in [0.2, 0.25) is 5.91 Å². The molecule has 2 heterocycles. The normalized spacial score (nSPS) is 14.6. The number of aryl methyl sites for hydroxylation is 1. The van der Waals surface area contributed by atoms with Crippen molar-refractivity contribution in [3.63, 3.8) is 0 Å². The number of benzene rings is 1. The minimum Gasteiger partial charge on any atom is -0.496 e. The van der Waals surface area contributed by atoms with Crippen molar-refractivity contribution in [2.24, 2.45) is 7.05 Å². The average Bonchev–Trinajstić information content (AvgIpc) is 3.41. The second kappa shape index (κ2) is 6.83. The maximum absolute atomic E-state index is 13.0. The fourth-order valence-corrected chi connectivity index (χ4v) is 3.40. The molecule has 1 fully saturated rings. The summed E-state index contributed by atoms with van der Waals surface area (Å²) in [5.41, 5.74) is 2.75. The Bertz CT molecular complexity index is 978. The first-order valence-electron chi connectivity index (χ1n) is 8.85. The predicted octanol–water partition coefficient (Wildman–Crippen LogP) is 2.23. The minimum atomic E-state index is -0.511. The number of carbonyl (C=O) groups excluding carboxylic acids is 1. The van der Waals surface area contributed by atoms with Crippen LogP contribution in [0.3, 0.4) is 0 Å². The van der Waals surface area contributed by atoms with Gasteiger partial charge >= 0.3 is 0 Å². The lowest BCUT2D eigenvalue weighted by atomic mass is 9.94. The van der Waals surface area contributed by atoms with Crippen LogP contribution in [0, 0.1) is 0 Å². The van der Waals surface area contributed by atoms with E-state index in [0.29, 0.717) is 6.54 Å². The Morgan fingerprint density at radius 1 is 1.26 bits per heavy atom. The topological polar surface area (TPSA) is 81.9 Å². The van der Waals surface area contributed by atoms with Gasteiger partial charge in [-0.25, -0.2) is 0 Å². The molecule has 0 spiro atoms. The van der Waals surface area contributed by atoms with Gasteiger partial charge in [-0.1, -0.05) is 18.2 Å². The van der Waals surface area contributed by atoms with Gasteiger partial charge in [0.05, 0.1) is 36.7 Å². The SMILES string of the molecule is COc1ccccc1C1(C(=O)NCc2nccnc2-c2cnn(C)c2)CC1. The number of amides is 1. The van der Waals surface area contributed by atoms with Crippen LogP contribution >= 0.6 is 0 Å². The van der Waals surface area contributed by atoms with Gasteiger partial charge in [-0.15, -0.1) is 0 Å². The largest absolute Gasteiger partial charge is 0.496 e. The van der Waals surface area contributed by atoms with E-state index >= 15 is 0 Å². The molecule has 1 aliphatic rings. The molecule has 1 amide bonds. The molecule has 7 heteroatoms. The van der Waals surface area contributed by atoms with Gasteiger partial charge < -0.3 is 10.1 Å². The maximum Gasteiger partial charge on any atom is 0.231 e. The summed E-state index contributed by atoms with van der Waals surface area (Å²) in [6.45, 7) is 0.313. The highest BCUT2D eigenvalue weighted by atomic mass is 16.5. The molecule has 27 heavy (non-hydrogen) atoms. The number of rotatable bonds is 6. The number of para-hydroxylation sites is 1. The molecule has 1 N–H and O–H groups in total. The summed E-state index contributed by atoms with van der Waals surface area (Å²) < 4.78 is 7.17. The van der Waals surface area contributed by atoms with Crippen molar-refractivity contribution in [1.82, 2.24) is 25.1 Å². The highest BCUT2D eigenvalue weighted by Crippen LogP contribution is 2.51. The number of hydrogen-bond donors (Lipinski definition) is 1. The Morgan fingerprint density at radius 2 is 2.04 bits per heavy atom. The van der Waals surface area contributed by atoms with Crippen molar-refractivity contribution in [3.8, 4) is 17.0 Å². The van der Waals surface area contributed by atoms with Crippen LogP contribution in [-0.2, 0) is 23.8 Å². The van der Waals surface area contributed by atoms with Crippen molar-refractivity contribution in [2.45, 2.75) is 24.8 Å². The minimum absolute atomic E-state index is 0.00482. The van der Waals surface area contributed by atoms with E-state index in [-0.39, 0.29) is 5.91 Å². The number of hydrogen-bond acceptors (Lipinski definition) is 5. The van der Waals surface area contributed by atoms with Gasteiger partial charge in [-0.2, -0.15) is 5.10 Å². The first-order chi connectivity index (χ1) is 13.1. The lowest BCUT2D eigenvalue weighted by Gasteiger charge is -2.18. The molecular weight excluding hydrogens is 342 g/mol. The molecule has 2 aromatic heterocycles. The number of nitrogens with one attached hydrogen (secondary N) is 1. The lowest BCUT2D eigenvalue weighted by molar-refractivity contribution is -0.123. The number of aromatic nitrogens is 4. The van der Waals surface area contributed by atoms with Gasteiger partial charge in [0, 0.05) is 36.8 Å². The Hall–Kier alpha value is -3.22. The Kier molecular flexibility index (Phi) is 4.35. The summed E-state index contributed by atoms with van der Waals surface area (Å²) in [5.74, 6) is 0.746. The molecule has 1 aromatic carbocycles. The van der Waals surface area contributed by atoms with E-state index in [2.05, 4.69) is 20.4 Å². The standard InChI is InChI=1S/C20H21N5O2/c1-25-13-14(11-24-25)18-16(21-9-10-22-18)12-23-19(26)20(7-8-20)15-5-3-4-6-17(15)27-2/h3-6,9-11,13H,7-8,12H2,1-2H3,(H,23,26). The number of carbonyl (C=O) groups is 1. The van der Waals surface area contributed by atoms with Gasteiger partial charge in [0.25, 0.3) is 0 Å². The molecule has 1 saturated carbocycles. The highest BCUT2D eigenvalue weighted by molar-refractivity contribution is 5.92. The monoisotopic (exact) mass is 363 g/mol. The molecule has 1 aliphatic carbocycles. The summed E-state index contributed by atoms with van der Waals surface area (Å²) in [5, 5.41) is 7.23. The summed E-state index contributed by atoms with van der Waals surface area (Å²) in [7, 11) is 3.48. The fraction of sp³-hybridized carbons (Fsp3) is 0.300. The third kappa shape index (κ3) is 3.16. The van der Waals surface area contributed by atoms with Crippen LogP contribution in [0.1, 0.15) is 24.1 Å². The highest BCUT2D eigenvalue weighted by Gasteiger charge is 2.52. The van der Waals surface area contributed by atoms with Crippen LogP contribution in [0.15, 0.2) is 49.1 Å². The molecule has 3 aromatic rings. The van der Waals surface area contributed by atoms with Crippen molar-refractivity contribution < 1.29 is 9.53 Å². The van der Waals surface area contributed by atoms with E-state index < -0.39 is 5.41 Å². The molecule has 0 radical (unpaired) electrons. The molecule has 4 rings (SSSR count). The Balaban J connectivity index is 1.54. The third-order valence-corrected chi connectivity index (χ3v) is 4.98. The van der Waals surface area contributed by atoms with Crippen LogP contribution in [0.5, 0.6) is 5.75 Å². The van der Waals surface area contributed by atoms with Crippen LogP contribution in [-0.4, -0.2) is 32.8 Å². The Morgan fingerprint density at radius 3 is 2.74 bits per heavy atom. The third-order valence-electron chi connectivity index (χ3n) is 4.98. The van der Waals surface area contributed by atoms with Gasteiger partial charge in [0.15, 0.2) is 0 Å². The van der Waals surface area contributed by atoms with E-state index in [1.54, 1.807) is 30.4 Å². The smallest absolute Gasteiger partial charge is 0.231 e. The van der Waals surface area contributed by atoms with Crippen LogP contribution in [0.25, 0.3) is 11.3 Å². The van der Waals surface area contributed by atoms with Crippen molar-refractivity contribution in [3.05, 3.63) is 60.3 Å². The summed E-state index contributed by atoms with van der Waals surface area (Å²) >= 11 is 0. The van der Waals surface area contributed by atoms with Crippen LogP contribution < -0.4 is 10.1 Å². The summed E-state index contributed by atoms with van der Waals surface area (Å²) in [6, 6.07) is 7.71. The first kappa shape index (κ1) is 17.2. The van der Waals surface area contributed by atoms with E-state index in [0.717, 1.165) is 41.1 Å². The zero-order valence-electron chi connectivity index (χ0n) is 15.3. The average molecular weight is 363 g/mol. The lowest BCUT2D eigenvalue weighted by Crippen LogP contribution is -2.35. The zero-order chi connectivity index (χ0) is 18.9. The summed E-state index contributed by atoms with van der Waals surface area (Å²) in [6.07, 6.45) is 8.53. The molecule has 7 nitrogen and oxygen atoms in total.